The molecule has 3 N–H and O–H groups in total. The van der Waals surface area contributed by atoms with Crippen molar-refractivity contribution in [3.8, 4) is 0 Å². The molecule has 0 aliphatic carbocycles. The van der Waals surface area contributed by atoms with E-state index in [0.717, 1.165) is 5.69 Å². The zero-order chi connectivity index (χ0) is 14.8. The summed E-state index contributed by atoms with van der Waals surface area (Å²) in [4.78, 5) is 23.8. The van der Waals surface area contributed by atoms with Crippen molar-refractivity contribution < 1.29 is 14.7 Å². The Labute approximate surface area is 118 Å². The van der Waals surface area contributed by atoms with E-state index >= 15 is 0 Å². The molecule has 6 nitrogen and oxygen atoms in total. The van der Waals surface area contributed by atoms with E-state index in [4.69, 9.17) is 5.11 Å². The van der Waals surface area contributed by atoms with Crippen LogP contribution in [0, 0.1) is 0 Å². The van der Waals surface area contributed by atoms with Gasteiger partial charge in [-0.15, -0.1) is 0 Å². The molecule has 0 aliphatic heterocycles. The number of nitrogens with one attached hydrogen (secondary N) is 2. The smallest absolute Gasteiger partial charge is 0.314 e. The SMILES string of the molecule is CN(CCNC(=O)NCCCC(=O)O)c1ccccc1. The van der Waals surface area contributed by atoms with Crippen LogP contribution in [0.1, 0.15) is 12.8 Å². The fourth-order valence-corrected chi connectivity index (χ4v) is 1.65. The molecule has 1 rings (SSSR count). The van der Waals surface area contributed by atoms with Crippen LogP contribution in [-0.2, 0) is 4.79 Å². The number of carboxylic acids is 1. The first-order valence-corrected chi connectivity index (χ1v) is 6.59. The van der Waals surface area contributed by atoms with Gasteiger partial charge in [-0.3, -0.25) is 4.79 Å². The van der Waals surface area contributed by atoms with Crippen LogP contribution in [0.5, 0.6) is 0 Å². The largest absolute Gasteiger partial charge is 0.481 e. The van der Waals surface area contributed by atoms with Gasteiger partial charge in [0, 0.05) is 38.8 Å². The van der Waals surface area contributed by atoms with Crippen molar-refractivity contribution in [1.29, 1.82) is 0 Å². The Balaban J connectivity index is 2.11. The van der Waals surface area contributed by atoms with Gasteiger partial charge in [0.1, 0.15) is 0 Å². The Morgan fingerprint density at radius 2 is 1.80 bits per heavy atom. The lowest BCUT2D eigenvalue weighted by Crippen LogP contribution is -2.40. The second-order valence-electron chi connectivity index (χ2n) is 4.44. The number of nitrogens with zero attached hydrogens (tertiary/aromatic N) is 1. The van der Waals surface area contributed by atoms with Crippen molar-refractivity contribution in [3.05, 3.63) is 30.3 Å². The second-order valence-corrected chi connectivity index (χ2v) is 4.44. The van der Waals surface area contributed by atoms with E-state index in [0.29, 0.717) is 26.1 Å². The van der Waals surface area contributed by atoms with Crippen molar-refractivity contribution in [2.45, 2.75) is 12.8 Å². The minimum Gasteiger partial charge on any atom is -0.481 e. The normalized spacial score (nSPS) is 9.85. The van der Waals surface area contributed by atoms with Gasteiger partial charge in [-0.05, 0) is 18.6 Å². The van der Waals surface area contributed by atoms with Crippen LogP contribution in [0.3, 0.4) is 0 Å². The molecule has 0 atom stereocenters. The molecule has 1 aromatic carbocycles. The first-order chi connectivity index (χ1) is 9.59. The quantitative estimate of drug-likeness (QED) is 0.626. The summed E-state index contributed by atoms with van der Waals surface area (Å²) >= 11 is 0. The van der Waals surface area contributed by atoms with E-state index in [1.165, 1.54) is 0 Å². The van der Waals surface area contributed by atoms with Crippen molar-refractivity contribution >= 4 is 17.7 Å². The molecule has 0 spiro atoms. The van der Waals surface area contributed by atoms with Gasteiger partial charge in [-0.25, -0.2) is 4.79 Å². The Kier molecular flexibility index (Phi) is 6.95. The Morgan fingerprint density at radius 1 is 1.15 bits per heavy atom. The number of rotatable bonds is 8. The summed E-state index contributed by atoms with van der Waals surface area (Å²) in [6, 6.07) is 9.64. The van der Waals surface area contributed by atoms with Gasteiger partial charge in [0.25, 0.3) is 0 Å². The van der Waals surface area contributed by atoms with Gasteiger partial charge >= 0.3 is 12.0 Å². The number of urea groups is 1. The van der Waals surface area contributed by atoms with E-state index in [1.807, 2.05) is 42.3 Å². The highest BCUT2D eigenvalue weighted by Gasteiger charge is 2.03. The fraction of sp³-hybridized carbons (Fsp3) is 0.429. The van der Waals surface area contributed by atoms with E-state index < -0.39 is 5.97 Å². The number of benzene rings is 1. The molecule has 0 aliphatic rings. The van der Waals surface area contributed by atoms with Crippen molar-refractivity contribution in [2.24, 2.45) is 0 Å². The minimum atomic E-state index is -0.850. The van der Waals surface area contributed by atoms with Crippen LogP contribution in [-0.4, -0.2) is 43.8 Å². The standard InChI is InChI=1S/C14H21N3O3/c1-17(12-6-3-2-4-7-12)11-10-16-14(20)15-9-5-8-13(18)19/h2-4,6-7H,5,8-11H2,1H3,(H,18,19)(H2,15,16,20). The fourth-order valence-electron chi connectivity index (χ4n) is 1.65. The number of carboxylic acid groups (broad SMARTS) is 1. The van der Waals surface area contributed by atoms with Gasteiger partial charge in [0.2, 0.25) is 0 Å². The molecular weight excluding hydrogens is 258 g/mol. The third-order valence-corrected chi connectivity index (χ3v) is 2.78. The summed E-state index contributed by atoms with van der Waals surface area (Å²) in [6.45, 7) is 1.59. The van der Waals surface area contributed by atoms with Crippen LogP contribution < -0.4 is 15.5 Å². The van der Waals surface area contributed by atoms with E-state index in [-0.39, 0.29) is 12.5 Å². The van der Waals surface area contributed by atoms with E-state index in [2.05, 4.69) is 10.6 Å². The molecule has 0 saturated heterocycles. The predicted molar refractivity (Wildman–Crippen MR) is 78.0 cm³/mol. The highest BCUT2D eigenvalue weighted by atomic mass is 16.4. The number of hydrogen-bond acceptors (Lipinski definition) is 3. The Hall–Kier alpha value is -2.24. The Bertz CT molecular complexity index is 423. The van der Waals surface area contributed by atoms with Crippen LogP contribution in [0.4, 0.5) is 10.5 Å². The maximum Gasteiger partial charge on any atom is 0.314 e. The number of anilines is 1. The molecule has 0 saturated carbocycles. The predicted octanol–water partition coefficient (Wildman–Crippen LogP) is 1.29. The lowest BCUT2D eigenvalue weighted by atomic mass is 10.3. The molecule has 110 valence electrons. The molecule has 2 amide bonds. The van der Waals surface area contributed by atoms with E-state index in [1.54, 1.807) is 0 Å². The number of hydrogen-bond donors (Lipinski definition) is 3. The van der Waals surface area contributed by atoms with Crippen LogP contribution in [0.25, 0.3) is 0 Å². The molecule has 1 aromatic rings. The number of para-hydroxylation sites is 1. The monoisotopic (exact) mass is 279 g/mol. The minimum absolute atomic E-state index is 0.0665. The lowest BCUT2D eigenvalue weighted by molar-refractivity contribution is -0.137. The summed E-state index contributed by atoms with van der Waals surface area (Å²) < 4.78 is 0. The van der Waals surface area contributed by atoms with Gasteiger partial charge in [-0.2, -0.15) is 0 Å². The average molecular weight is 279 g/mol. The average Bonchev–Trinajstić information content (AvgIpc) is 2.44. The number of carbonyl (C=O) groups is 2. The van der Waals surface area contributed by atoms with Crippen LogP contribution in [0.2, 0.25) is 0 Å². The zero-order valence-corrected chi connectivity index (χ0v) is 11.6. The van der Waals surface area contributed by atoms with Crippen LogP contribution in [0.15, 0.2) is 30.3 Å². The van der Waals surface area contributed by atoms with Gasteiger partial charge < -0.3 is 20.6 Å². The maximum atomic E-state index is 11.4. The number of likely N-dealkylation sites (N-methyl/N-ethyl adjacent to an activating group) is 1. The molecule has 6 heteroatoms. The molecule has 20 heavy (non-hydrogen) atoms. The summed E-state index contributed by atoms with van der Waals surface area (Å²) in [5, 5.41) is 13.8. The van der Waals surface area contributed by atoms with Gasteiger partial charge in [-0.1, -0.05) is 18.2 Å². The van der Waals surface area contributed by atoms with Crippen molar-refractivity contribution in [2.75, 3.05) is 31.6 Å². The molecule has 0 unspecified atom stereocenters. The third kappa shape index (κ3) is 6.63. The van der Waals surface area contributed by atoms with Gasteiger partial charge in [0.15, 0.2) is 0 Å². The second kappa shape index (κ2) is 8.79. The first kappa shape index (κ1) is 15.8. The van der Waals surface area contributed by atoms with Crippen molar-refractivity contribution in [3.63, 3.8) is 0 Å². The number of carbonyl (C=O) groups excluding carboxylic acids is 1. The molecule has 0 radical (unpaired) electrons. The highest BCUT2D eigenvalue weighted by Crippen LogP contribution is 2.09. The number of amides is 2. The van der Waals surface area contributed by atoms with Crippen molar-refractivity contribution in [1.82, 2.24) is 10.6 Å². The lowest BCUT2D eigenvalue weighted by Gasteiger charge is -2.19. The summed E-state index contributed by atoms with van der Waals surface area (Å²) in [5.41, 5.74) is 1.09. The number of aliphatic carboxylic acids is 1. The summed E-state index contributed by atoms with van der Waals surface area (Å²) in [5.74, 6) is -0.850. The van der Waals surface area contributed by atoms with Crippen LogP contribution >= 0.6 is 0 Å². The topological polar surface area (TPSA) is 81.7 Å². The molecular formula is C14H21N3O3. The highest BCUT2D eigenvalue weighted by molar-refractivity contribution is 5.74. The molecule has 0 fully saturated rings. The summed E-state index contributed by atoms with van der Waals surface area (Å²) in [6.07, 6.45) is 0.504. The maximum absolute atomic E-state index is 11.4. The van der Waals surface area contributed by atoms with Gasteiger partial charge in [0.05, 0.1) is 0 Å². The molecule has 0 aromatic heterocycles. The third-order valence-electron chi connectivity index (χ3n) is 2.78. The zero-order valence-electron chi connectivity index (χ0n) is 11.6. The Morgan fingerprint density at radius 3 is 2.45 bits per heavy atom. The first-order valence-electron chi connectivity index (χ1n) is 6.59. The molecule has 0 bridgehead atoms. The van der Waals surface area contributed by atoms with E-state index in [9.17, 15) is 9.59 Å². The molecule has 0 heterocycles. The summed E-state index contributed by atoms with van der Waals surface area (Å²) in [7, 11) is 1.96.